The first-order valence-electron chi connectivity index (χ1n) is 6.56. The van der Waals surface area contributed by atoms with Gasteiger partial charge in [0.25, 0.3) is 0 Å². The summed E-state index contributed by atoms with van der Waals surface area (Å²) in [5, 5.41) is 0. The fourth-order valence-corrected chi connectivity index (χ4v) is 2.75. The minimum absolute atomic E-state index is 0.336. The number of benzene rings is 1. The monoisotopic (exact) mass is 232 g/mol. The van der Waals surface area contributed by atoms with Crippen LogP contribution in [0.25, 0.3) is 0 Å². The molecule has 2 nitrogen and oxygen atoms in total. The van der Waals surface area contributed by atoms with Crippen molar-refractivity contribution in [3.63, 3.8) is 0 Å². The molecule has 2 rings (SSSR count). The Kier molecular flexibility index (Phi) is 3.55. The summed E-state index contributed by atoms with van der Waals surface area (Å²) in [6.07, 6.45) is 0. The van der Waals surface area contributed by atoms with Crippen LogP contribution < -0.4 is 5.73 Å². The zero-order chi connectivity index (χ0) is 12.6. The fourth-order valence-electron chi connectivity index (χ4n) is 2.75. The van der Waals surface area contributed by atoms with E-state index >= 15 is 0 Å². The molecule has 2 N–H and O–H groups in total. The van der Waals surface area contributed by atoms with Gasteiger partial charge in [-0.2, -0.15) is 0 Å². The highest BCUT2D eigenvalue weighted by Crippen LogP contribution is 2.29. The lowest BCUT2D eigenvalue weighted by molar-refractivity contribution is 0.253. The molecule has 3 atom stereocenters. The van der Waals surface area contributed by atoms with Gasteiger partial charge in [0.2, 0.25) is 0 Å². The average Bonchev–Trinajstić information content (AvgIpc) is 2.62. The smallest absolute Gasteiger partial charge is 0.0323 e. The van der Waals surface area contributed by atoms with Crippen LogP contribution in [-0.4, -0.2) is 24.0 Å². The van der Waals surface area contributed by atoms with E-state index in [9.17, 15) is 0 Å². The van der Waals surface area contributed by atoms with Crippen LogP contribution in [0.1, 0.15) is 36.6 Å². The van der Waals surface area contributed by atoms with Crippen molar-refractivity contribution >= 4 is 0 Å². The molecule has 0 saturated carbocycles. The molecule has 0 bridgehead atoms. The summed E-state index contributed by atoms with van der Waals surface area (Å²) in [6.45, 7) is 11.1. The first kappa shape index (κ1) is 12.6. The minimum atomic E-state index is 0.336. The van der Waals surface area contributed by atoms with E-state index in [-0.39, 0.29) is 0 Å². The van der Waals surface area contributed by atoms with Gasteiger partial charge in [0.05, 0.1) is 0 Å². The zero-order valence-corrected chi connectivity index (χ0v) is 11.4. The largest absolute Gasteiger partial charge is 0.326 e. The van der Waals surface area contributed by atoms with E-state index in [0.717, 1.165) is 13.1 Å². The Morgan fingerprint density at radius 1 is 1.29 bits per heavy atom. The van der Waals surface area contributed by atoms with Gasteiger partial charge in [-0.25, -0.2) is 0 Å². The summed E-state index contributed by atoms with van der Waals surface area (Å²) in [7, 11) is 0. The lowest BCUT2D eigenvalue weighted by Gasteiger charge is -2.26. The van der Waals surface area contributed by atoms with E-state index in [1.165, 1.54) is 16.7 Å². The molecule has 3 unspecified atom stereocenters. The molecule has 0 amide bonds. The van der Waals surface area contributed by atoms with Gasteiger partial charge in [-0.05, 0) is 37.8 Å². The van der Waals surface area contributed by atoms with E-state index in [0.29, 0.717) is 18.0 Å². The molecular formula is C15H24N2. The molecule has 0 spiro atoms. The van der Waals surface area contributed by atoms with Crippen LogP contribution in [0, 0.1) is 19.8 Å². The number of likely N-dealkylation sites (tertiary alicyclic amines) is 1. The second-order valence-electron chi connectivity index (χ2n) is 5.63. The summed E-state index contributed by atoms with van der Waals surface area (Å²) in [6, 6.07) is 7.53. The molecule has 0 radical (unpaired) electrons. The third-order valence-electron chi connectivity index (χ3n) is 4.13. The summed E-state index contributed by atoms with van der Waals surface area (Å²) in [5.41, 5.74) is 10.3. The minimum Gasteiger partial charge on any atom is -0.326 e. The van der Waals surface area contributed by atoms with E-state index in [2.05, 4.69) is 50.8 Å². The SMILES string of the molecule is Cc1ccc(C)c(C(C)N2CC(C)C(N)C2)c1. The molecule has 0 aliphatic carbocycles. The summed E-state index contributed by atoms with van der Waals surface area (Å²) < 4.78 is 0. The lowest BCUT2D eigenvalue weighted by Crippen LogP contribution is -2.30. The lowest BCUT2D eigenvalue weighted by atomic mass is 9.99. The molecule has 0 aromatic heterocycles. The third kappa shape index (κ3) is 2.53. The van der Waals surface area contributed by atoms with Gasteiger partial charge < -0.3 is 5.73 Å². The number of rotatable bonds is 2. The predicted octanol–water partition coefficient (Wildman–Crippen LogP) is 2.64. The standard InChI is InChI=1S/C15H24N2/c1-10-5-6-11(2)14(7-10)13(4)17-8-12(3)15(16)9-17/h5-7,12-13,15H,8-9,16H2,1-4H3. The number of hydrogen-bond donors (Lipinski definition) is 1. The maximum Gasteiger partial charge on any atom is 0.0323 e. The van der Waals surface area contributed by atoms with Crippen molar-refractivity contribution in [2.75, 3.05) is 13.1 Å². The van der Waals surface area contributed by atoms with Gasteiger partial charge in [0.1, 0.15) is 0 Å². The first-order chi connectivity index (χ1) is 7.99. The van der Waals surface area contributed by atoms with Crippen LogP contribution in [0.5, 0.6) is 0 Å². The molecule has 1 aliphatic rings. The van der Waals surface area contributed by atoms with Gasteiger partial charge in [0.15, 0.2) is 0 Å². The highest BCUT2D eigenvalue weighted by Gasteiger charge is 2.30. The van der Waals surface area contributed by atoms with Gasteiger partial charge >= 0.3 is 0 Å². The average molecular weight is 232 g/mol. The Labute approximate surface area is 105 Å². The summed E-state index contributed by atoms with van der Waals surface area (Å²) in [5.74, 6) is 0.613. The van der Waals surface area contributed by atoms with Crippen molar-refractivity contribution in [2.24, 2.45) is 11.7 Å². The predicted molar refractivity (Wildman–Crippen MR) is 73.0 cm³/mol. The van der Waals surface area contributed by atoms with Crippen molar-refractivity contribution < 1.29 is 0 Å². The number of hydrogen-bond acceptors (Lipinski definition) is 2. The van der Waals surface area contributed by atoms with Crippen LogP contribution in [0.15, 0.2) is 18.2 Å². The molecular weight excluding hydrogens is 208 g/mol. The summed E-state index contributed by atoms with van der Waals surface area (Å²) >= 11 is 0. The Balaban J connectivity index is 2.20. The van der Waals surface area contributed by atoms with Crippen molar-refractivity contribution in [3.8, 4) is 0 Å². The number of aryl methyl sites for hydroxylation is 2. The van der Waals surface area contributed by atoms with E-state index in [1.807, 2.05) is 0 Å². The Hall–Kier alpha value is -0.860. The van der Waals surface area contributed by atoms with Gasteiger partial charge in [-0.3, -0.25) is 4.90 Å². The molecule has 1 heterocycles. The molecule has 1 aromatic rings. The Bertz CT molecular complexity index is 390. The second-order valence-corrected chi connectivity index (χ2v) is 5.63. The molecule has 1 aliphatic heterocycles. The normalized spacial score (nSPS) is 27.4. The zero-order valence-electron chi connectivity index (χ0n) is 11.4. The molecule has 17 heavy (non-hydrogen) atoms. The fraction of sp³-hybridized carbons (Fsp3) is 0.600. The first-order valence-corrected chi connectivity index (χ1v) is 6.56. The van der Waals surface area contributed by atoms with Crippen LogP contribution >= 0.6 is 0 Å². The molecule has 1 fully saturated rings. The van der Waals surface area contributed by atoms with Crippen LogP contribution in [0.2, 0.25) is 0 Å². The number of nitrogens with two attached hydrogens (primary N) is 1. The Morgan fingerprint density at radius 3 is 2.59 bits per heavy atom. The van der Waals surface area contributed by atoms with Gasteiger partial charge in [-0.1, -0.05) is 30.7 Å². The summed E-state index contributed by atoms with van der Waals surface area (Å²) in [4.78, 5) is 2.51. The van der Waals surface area contributed by atoms with Crippen LogP contribution in [0.3, 0.4) is 0 Å². The molecule has 1 saturated heterocycles. The van der Waals surface area contributed by atoms with E-state index in [1.54, 1.807) is 0 Å². The van der Waals surface area contributed by atoms with E-state index in [4.69, 9.17) is 5.73 Å². The maximum absolute atomic E-state index is 6.11. The van der Waals surface area contributed by atoms with Crippen molar-refractivity contribution in [1.82, 2.24) is 4.90 Å². The number of nitrogens with zero attached hydrogens (tertiary/aromatic N) is 1. The molecule has 1 aromatic carbocycles. The quantitative estimate of drug-likeness (QED) is 0.849. The van der Waals surface area contributed by atoms with Crippen molar-refractivity contribution in [3.05, 3.63) is 34.9 Å². The van der Waals surface area contributed by atoms with Crippen LogP contribution in [0.4, 0.5) is 0 Å². The van der Waals surface area contributed by atoms with Gasteiger partial charge in [-0.15, -0.1) is 0 Å². The van der Waals surface area contributed by atoms with Crippen molar-refractivity contribution in [1.29, 1.82) is 0 Å². The van der Waals surface area contributed by atoms with Gasteiger partial charge in [0, 0.05) is 25.2 Å². The highest BCUT2D eigenvalue weighted by molar-refractivity contribution is 5.32. The topological polar surface area (TPSA) is 29.3 Å². The van der Waals surface area contributed by atoms with E-state index < -0.39 is 0 Å². The van der Waals surface area contributed by atoms with Crippen LogP contribution in [-0.2, 0) is 0 Å². The molecule has 94 valence electrons. The third-order valence-corrected chi connectivity index (χ3v) is 4.13. The maximum atomic E-state index is 6.11. The second kappa shape index (κ2) is 4.79. The Morgan fingerprint density at radius 2 is 2.00 bits per heavy atom. The highest BCUT2D eigenvalue weighted by atomic mass is 15.2. The van der Waals surface area contributed by atoms with Crippen molar-refractivity contribution in [2.45, 2.75) is 39.8 Å². The molecule has 2 heteroatoms.